The molecule has 0 bridgehead atoms. The Hall–Kier alpha value is -3.41. The van der Waals surface area contributed by atoms with Gasteiger partial charge in [-0.2, -0.15) is 5.10 Å². The van der Waals surface area contributed by atoms with Gasteiger partial charge in [0.1, 0.15) is 5.82 Å². The summed E-state index contributed by atoms with van der Waals surface area (Å²) >= 11 is 0. The molecule has 0 saturated carbocycles. The molecule has 5 nitrogen and oxygen atoms in total. The molecule has 4 rings (SSSR count). The zero-order chi connectivity index (χ0) is 17.9. The van der Waals surface area contributed by atoms with Crippen molar-refractivity contribution in [2.24, 2.45) is 0 Å². The van der Waals surface area contributed by atoms with Crippen LogP contribution in [0.2, 0.25) is 0 Å². The first-order chi connectivity index (χ1) is 12.7. The van der Waals surface area contributed by atoms with Gasteiger partial charge in [0.25, 0.3) is 0 Å². The largest absolute Gasteiger partial charge is 0.332 e. The fourth-order valence-corrected chi connectivity index (χ4v) is 2.95. The molecule has 1 N–H and O–H groups in total. The lowest BCUT2D eigenvalue weighted by molar-refractivity contribution is 0.588. The van der Waals surface area contributed by atoms with Gasteiger partial charge in [0.05, 0.1) is 11.9 Å². The molecule has 4 aromatic rings. The maximum atomic E-state index is 13.7. The summed E-state index contributed by atoms with van der Waals surface area (Å²) in [6, 6.07) is 14.3. The fourth-order valence-electron chi connectivity index (χ4n) is 2.95. The second kappa shape index (κ2) is 6.84. The predicted octanol–water partition coefficient (Wildman–Crippen LogP) is 3.41. The highest BCUT2D eigenvalue weighted by atomic mass is 19.1. The maximum absolute atomic E-state index is 13.7. The third-order valence-corrected chi connectivity index (χ3v) is 4.40. The zero-order valence-electron chi connectivity index (χ0n) is 14.0. The number of halogens is 1. The molecule has 0 unspecified atom stereocenters. The van der Waals surface area contributed by atoms with Crippen molar-refractivity contribution in [2.45, 2.75) is 13.0 Å². The van der Waals surface area contributed by atoms with Gasteiger partial charge in [-0.15, -0.1) is 0 Å². The number of benzene rings is 2. The Morgan fingerprint density at radius 1 is 1.00 bits per heavy atom. The van der Waals surface area contributed by atoms with Crippen LogP contribution in [-0.2, 0) is 13.0 Å². The van der Waals surface area contributed by atoms with Gasteiger partial charge in [-0.05, 0) is 35.7 Å². The molecule has 0 amide bonds. The molecule has 130 valence electrons. The highest BCUT2D eigenvalue weighted by molar-refractivity contribution is 5.62. The van der Waals surface area contributed by atoms with Gasteiger partial charge in [0.2, 0.25) is 0 Å². The van der Waals surface area contributed by atoms with Gasteiger partial charge in [0, 0.05) is 30.7 Å². The van der Waals surface area contributed by atoms with Gasteiger partial charge in [-0.25, -0.2) is 9.18 Å². The molecule has 0 aliphatic carbocycles. The van der Waals surface area contributed by atoms with Crippen LogP contribution in [0.5, 0.6) is 0 Å². The zero-order valence-corrected chi connectivity index (χ0v) is 14.0. The monoisotopic (exact) mass is 348 g/mol. The van der Waals surface area contributed by atoms with E-state index in [4.69, 9.17) is 0 Å². The van der Waals surface area contributed by atoms with Crippen molar-refractivity contribution < 1.29 is 4.39 Å². The molecule has 2 aromatic heterocycles. The molecule has 0 atom stereocenters. The van der Waals surface area contributed by atoms with E-state index in [1.54, 1.807) is 45.9 Å². The van der Waals surface area contributed by atoms with E-state index in [-0.39, 0.29) is 11.5 Å². The number of nitrogens with zero attached hydrogens (tertiary/aromatic N) is 3. The average molecular weight is 348 g/mol. The SMILES string of the molecule is O=c1n(CCc2ccccc2F)ccn1-c1ccc(-c2cn[nH]c2)cc1. The molecule has 0 aliphatic rings. The Labute approximate surface area is 149 Å². The molecular formula is C20H17FN4O. The average Bonchev–Trinajstić information content (AvgIpc) is 3.32. The lowest BCUT2D eigenvalue weighted by Crippen LogP contribution is -2.23. The first-order valence-electron chi connectivity index (χ1n) is 8.33. The van der Waals surface area contributed by atoms with E-state index in [2.05, 4.69) is 10.2 Å². The van der Waals surface area contributed by atoms with Crippen LogP contribution in [0, 0.1) is 5.82 Å². The summed E-state index contributed by atoms with van der Waals surface area (Å²) in [6.45, 7) is 0.430. The van der Waals surface area contributed by atoms with Gasteiger partial charge >= 0.3 is 5.69 Å². The van der Waals surface area contributed by atoms with Crippen molar-refractivity contribution in [1.82, 2.24) is 19.3 Å². The molecule has 0 spiro atoms. The predicted molar refractivity (Wildman–Crippen MR) is 97.7 cm³/mol. The van der Waals surface area contributed by atoms with E-state index in [1.165, 1.54) is 6.07 Å². The molecule has 26 heavy (non-hydrogen) atoms. The lowest BCUT2D eigenvalue weighted by atomic mass is 10.1. The summed E-state index contributed by atoms with van der Waals surface area (Å²) < 4.78 is 16.9. The number of rotatable bonds is 5. The molecule has 2 aromatic carbocycles. The minimum atomic E-state index is -0.241. The topological polar surface area (TPSA) is 55.6 Å². The Kier molecular flexibility index (Phi) is 4.23. The summed E-state index contributed by atoms with van der Waals surface area (Å²) in [7, 11) is 0. The van der Waals surface area contributed by atoms with Crippen LogP contribution >= 0.6 is 0 Å². The normalized spacial score (nSPS) is 11.0. The Morgan fingerprint density at radius 3 is 2.54 bits per heavy atom. The van der Waals surface area contributed by atoms with E-state index in [0.29, 0.717) is 18.5 Å². The van der Waals surface area contributed by atoms with Crippen LogP contribution < -0.4 is 5.69 Å². The Morgan fingerprint density at radius 2 is 1.81 bits per heavy atom. The fraction of sp³-hybridized carbons (Fsp3) is 0.100. The second-order valence-corrected chi connectivity index (χ2v) is 6.02. The summed E-state index contributed by atoms with van der Waals surface area (Å²) in [4.78, 5) is 12.6. The number of hydrogen-bond acceptors (Lipinski definition) is 2. The van der Waals surface area contributed by atoms with Crippen LogP contribution in [-0.4, -0.2) is 19.3 Å². The Bertz CT molecular complexity index is 1060. The number of nitrogens with one attached hydrogen (secondary N) is 1. The summed E-state index contributed by atoms with van der Waals surface area (Å²) in [5.41, 5.74) is 3.27. The van der Waals surface area contributed by atoms with Crippen LogP contribution in [0.25, 0.3) is 16.8 Å². The number of aryl methyl sites for hydroxylation is 2. The van der Waals surface area contributed by atoms with Crippen molar-refractivity contribution in [2.75, 3.05) is 0 Å². The maximum Gasteiger partial charge on any atom is 0.332 e. The minimum absolute atomic E-state index is 0.141. The molecule has 0 aliphatic heterocycles. The van der Waals surface area contributed by atoms with E-state index in [9.17, 15) is 9.18 Å². The third kappa shape index (κ3) is 3.09. The smallest absolute Gasteiger partial charge is 0.299 e. The highest BCUT2D eigenvalue weighted by Crippen LogP contribution is 2.19. The van der Waals surface area contributed by atoms with E-state index >= 15 is 0 Å². The van der Waals surface area contributed by atoms with Gasteiger partial charge < -0.3 is 0 Å². The molecular weight excluding hydrogens is 331 g/mol. The summed E-state index contributed by atoms with van der Waals surface area (Å²) in [6.07, 6.45) is 7.50. The van der Waals surface area contributed by atoms with Gasteiger partial charge in [-0.1, -0.05) is 30.3 Å². The van der Waals surface area contributed by atoms with E-state index in [1.807, 2.05) is 30.5 Å². The highest BCUT2D eigenvalue weighted by Gasteiger charge is 2.08. The van der Waals surface area contributed by atoms with Crippen molar-refractivity contribution in [1.29, 1.82) is 0 Å². The molecule has 6 heteroatoms. The minimum Gasteiger partial charge on any atom is -0.299 e. The second-order valence-electron chi connectivity index (χ2n) is 6.02. The van der Waals surface area contributed by atoms with Crippen LogP contribution in [0.15, 0.2) is 78.1 Å². The van der Waals surface area contributed by atoms with Crippen LogP contribution in [0.4, 0.5) is 4.39 Å². The molecule has 0 saturated heterocycles. The molecule has 0 fully saturated rings. The van der Waals surface area contributed by atoms with Crippen LogP contribution in [0.1, 0.15) is 5.56 Å². The molecule has 2 heterocycles. The van der Waals surface area contributed by atoms with Gasteiger partial charge in [0.15, 0.2) is 0 Å². The number of H-pyrrole nitrogens is 1. The van der Waals surface area contributed by atoms with E-state index in [0.717, 1.165) is 16.8 Å². The standard InChI is InChI=1S/C20H17FN4O/c21-19-4-2-1-3-16(19)9-10-24-11-12-25(20(24)26)18-7-5-15(6-8-18)17-13-22-23-14-17/h1-8,11-14H,9-10H2,(H,22,23). The number of aromatic amines is 1. The summed E-state index contributed by atoms with van der Waals surface area (Å²) in [5.74, 6) is -0.241. The van der Waals surface area contributed by atoms with Crippen molar-refractivity contribution >= 4 is 0 Å². The lowest BCUT2D eigenvalue weighted by Gasteiger charge is -2.05. The first-order valence-corrected chi connectivity index (χ1v) is 8.33. The third-order valence-electron chi connectivity index (χ3n) is 4.40. The number of imidazole rings is 1. The van der Waals surface area contributed by atoms with Crippen molar-refractivity contribution in [3.63, 3.8) is 0 Å². The summed E-state index contributed by atoms with van der Waals surface area (Å²) in [5, 5.41) is 6.72. The molecule has 0 radical (unpaired) electrons. The van der Waals surface area contributed by atoms with Gasteiger partial charge in [-0.3, -0.25) is 14.2 Å². The number of hydrogen-bond donors (Lipinski definition) is 1. The van der Waals surface area contributed by atoms with E-state index < -0.39 is 0 Å². The first kappa shape index (κ1) is 16.1. The Balaban J connectivity index is 1.54. The quantitative estimate of drug-likeness (QED) is 0.601. The van der Waals surface area contributed by atoms with Crippen molar-refractivity contribution in [3.05, 3.63) is 95.2 Å². The van der Waals surface area contributed by atoms with Crippen LogP contribution in [0.3, 0.4) is 0 Å². The van der Waals surface area contributed by atoms with Crippen molar-refractivity contribution in [3.8, 4) is 16.8 Å². The number of aromatic nitrogens is 4.